The van der Waals surface area contributed by atoms with Gasteiger partial charge in [0, 0.05) is 51.4 Å². The van der Waals surface area contributed by atoms with Crippen molar-refractivity contribution >= 4 is 0 Å². The summed E-state index contributed by atoms with van der Waals surface area (Å²) >= 11 is 0. The Balaban J connectivity index is 1.78. The smallest absolute Gasteiger partial charge is 0.0703 e. The highest BCUT2D eigenvalue weighted by Crippen LogP contribution is 2.02. The summed E-state index contributed by atoms with van der Waals surface area (Å²) < 4.78 is 0. The summed E-state index contributed by atoms with van der Waals surface area (Å²) in [5, 5.41) is 17.6. The minimum atomic E-state index is 0.419. The van der Waals surface area contributed by atoms with E-state index < -0.39 is 0 Å². The molecule has 0 radical (unpaired) electrons. The molecule has 5 nitrogen and oxygen atoms in total. The highest BCUT2D eigenvalue weighted by atomic mass is 15.2. The monoisotopic (exact) mass is 227 g/mol. The van der Waals surface area contributed by atoms with Gasteiger partial charge in [-0.1, -0.05) is 6.92 Å². The van der Waals surface area contributed by atoms with Crippen LogP contribution in [0.3, 0.4) is 0 Å². The zero-order valence-corrected chi connectivity index (χ0v) is 10.2. The van der Waals surface area contributed by atoms with Crippen molar-refractivity contribution in [1.29, 1.82) is 0 Å². The maximum Gasteiger partial charge on any atom is 0.0703 e. The van der Waals surface area contributed by atoms with E-state index in [0.717, 1.165) is 45.7 Å². The lowest BCUT2D eigenvalue weighted by atomic mass is 10.0. The van der Waals surface area contributed by atoms with E-state index in [4.69, 9.17) is 0 Å². The van der Waals surface area contributed by atoms with E-state index in [0.29, 0.717) is 18.2 Å². The fraction of sp³-hybridized carbons (Fsp3) is 1.00. The standard InChI is InChI=1S/C11H25N5/c1-2-9(10-7-12-3-5-14-10)16-11-8-13-4-6-15-11/h9-16H,2-8H2,1H3. The van der Waals surface area contributed by atoms with Crippen molar-refractivity contribution < 1.29 is 0 Å². The Morgan fingerprint density at radius 1 is 1.06 bits per heavy atom. The largest absolute Gasteiger partial charge is 0.314 e. The van der Waals surface area contributed by atoms with Gasteiger partial charge in [-0.05, 0) is 6.42 Å². The molecular weight excluding hydrogens is 202 g/mol. The lowest BCUT2D eigenvalue weighted by Gasteiger charge is -2.36. The summed E-state index contributed by atoms with van der Waals surface area (Å²) in [6, 6.07) is 1.10. The van der Waals surface area contributed by atoms with E-state index in [2.05, 4.69) is 33.5 Å². The van der Waals surface area contributed by atoms with Crippen LogP contribution in [0.1, 0.15) is 13.3 Å². The van der Waals surface area contributed by atoms with Crippen LogP contribution in [0.25, 0.3) is 0 Å². The Hall–Kier alpha value is -0.200. The Bertz CT molecular complexity index is 187. The van der Waals surface area contributed by atoms with Crippen LogP contribution in [0, 0.1) is 0 Å². The molecular formula is C11H25N5. The molecule has 2 aliphatic heterocycles. The molecule has 0 aromatic carbocycles. The van der Waals surface area contributed by atoms with Gasteiger partial charge in [-0.3, -0.25) is 10.6 Å². The number of nitrogens with one attached hydrogen (secondary N) is 5. The van der Waals surface area contributed by atoms with E-state index in [9.17, 15) is 0 Å². The predicted octanol–water partition coefficient (Wildman–Crippen LogP) is -1.57. The van der Waals surface area contributed by atoms with Crippen molar-refractivity contribution in [1.82, 2.24) is 26.6 Å². The van der Waals surface area contributed by atoms with Crippen LogP contribution in [-0.2, 0) is 0 Å². The predicted molar refractivity (Wildman–Crippen MR) is 66.5 cm³/mol. The summed E-state index contributed by atoms with van der Waals surface area (Å²) in [7, 11) is 0. The van der Waals surface area contributed by atoms with Gasteiger partial charge in [-0.15, -0.1) is 0 Å². The lowest BCUT2D eigenvalue weighted by molar-refractivity contribution is 0.260. The first-order valence-corrected chi connectivity index (χ1v) is 6.54. The Morgan fingerprint density at radius 3 is 2.38 bits per heavy atom. The number of hydrogen-bond acceptors (Lipinski definition) is 5. The summed E-state index contributed by atoms with van der Waals surface area (Å²) in [5.41, 5.74) is 0. The van der Waals surface area contributed by atoms with E-state index in [1.54, 1.807) is 0 Å². The minimum absolute atomic E-state index is 0.419. The van der Waals surface area contributed by atoms with Gasteiger partial charge in [0.25, 0.3) is 0 Å². The van der Waals surface area contributed by atoms with Crippen LogP contribution in [0.4, 0.5) is 0 Å². The van der Waals surface area contributed by atoms with Gasteiger partial charge in [0.15, 0.2) is 0 Å². The molecule has 0 aromatic rings. The molecule has 0 aromatic heterocycles. The zero-order valence-electron chi connectivity index (χ0n) is 10.2. The second-order valence-corrected chi connectivity index (χ2v) is 4.66. The Morgan fingerprint density at radius 2 is 1.81 bits per heavy atom. The third kappa shape index (κ3) is 3.40. The van der Waals surface area contributed by atoms with Crippen LogP contribution in [-0.4, -0.2) is 57.5 Å². The van der Waals surface area contributed by atoms with Crippen LogP contribution >= 0.6 is 0 Å². The average molecular weight is 227 g/mol. The maximum atomic E-state index is 3.70. The molecule has 3 unspecified atom stereocenters. The van der Waals surface area contributed by atoms with Crippen molar-refractivity contribution in [2.24, 2.45) is 0 Å². The van der Waals surface area contributed by atoms with Crippen LogP contribution in [0.5, 0.6) is 0 Å². The molecule has 94 valence electrons. The topological polar surface area (TPSA) is 60.1 Å². The highest BCUT2D eigenvalue weighted by molar-refractivity contribution is 4.89. The number of piperazine rings is 2. The number of rotatable bonds is 4. The Kier molecular flexibility index (Phi) is 4.99. The quantitative estimate of drug-likeness (QED) is 0.402. The minimum Gasteiger partial charge on any atom is -0.314 e. The lowest BCUT2D eigenvalue weighted by Crippen LogP contribution is -2.64. The van der Waals surface area contributed by atoms with Gasteiger partial charge in [0.05, 0.1) is 6.17 Å². The summed E-state index contributed by atoms with van der Waals surface area (Å²) in [6.07, 6.45) is 1.58. The first-order chi connectivity index (χ1) is 7.90. The first-order valence-electron chi connectivity index (χ1n) is 6.54. The van der Waals surface area contributed by atoms with Crippen LogP contribution in [0.15, 0.2) is 0 Å². The average Bonchev–Trinajstić information content (AvgIpc) is 2.38. The summed E-state index contributed by atoms with van der Waals surface area (Å²) in [5.74, 6) is 0. The molecule has 5 heteroatoms. The van der Waals surface area contributed by atoms with Gasteiger partial charge >= 0.3 is 0 Å². The molecule has 5 N–H and O–H groups in total. The zero-order chi connectivity index (χ0) is 11.2. The summed E-state index contributed by atoms with van der Waals surface area (Å²) in [6.45, 7) is 8.67. The van der Waals surface area contributed by atoms with Crippen molar-refractivity contribution in [3.8, 4) is 0 Å². The van der Waals surface area contributed by atoms with Gasteiger partial charge in [-0.25, -0.2) is 0 Å². The van der Waals surface area contributed by atoms with Crippen molar-refractivity contribution in [3.05, 3.63) is 0 Å². The third-order valence-electron chi connectivity index (χ3n) is 3.45. The summed E-state index contributed by atoms with van der Waals surface area (Å²) in [4.78, 5) is 0. The molecule has 0 amide bonds. The normalized spacial score (nSPS) is 33.6. The SMILES string of the molecule is CCC(NC1CNCCN1)C1CNCCN1. The Labute approximate surface area is 98.1 Å². The molecule has 2 rings (SSSR count). The maximum absolute atomic E-state index is 3.70. The molecule has 2 saturated heterocycles. The molecule has 2 heterocycles. The first kappa shape index (κ1) is 12.3. The molecule has 16 heavy (non-hydrogen) atoms. The molecule has 0 saturated carbocycles. The third-order valence-corrected chi connectivity index (χ3v) is 3.45. The fourth-order valence-corrected chi connectivity index (χ4v) is 2.51. The second-order valence-electron chi connectivity index (χ2n) is 4.66. The van der Waals surface area contributed by atoms with E-state index in [1.165, 1.54) is 0 Å². The van der Waals surface area contributed by atoms with Gasteiger partial charge < -0.3 is 16.0 Å². The van der Waals surface area contributed by atoms with Crippen LogP contribution in [0.2, 0.25) is 0 Å². The van der Waals surface area contributed by atoms with Crippen LogP contribution < -0.4 is 26.6 Å². The van der Waals surface area contributed by atoms with Gasteiger partial charge in [-0.2, -0.15) is 0 Å². The van der Waals surface area contributed by atoms with Gasteiger partial charge in [0.1, 0.15) is 0 Å². The van der Waals surface area contributed by atoms with Gasteiger partial charge in [0.2, 0.25) is 0 Å². The molecule has 0 bridgehead atoms. The fourth-order valence-electron chi connectivity index (χ4n) is 2.51. The second kappa shape index (κ2) is 6.51. The molecule has 0 spiro atoms. The van der Waals surface area contributed by atoms with Crippen molar-refractivity contribution in [3.63, 3.8) is 0 Å². The van der Waals surface area contributed by atoms with E-state index in [1.807, 2.05) is 0 Å². The number of hydrogen-bond donors (Lipinski definition) is 5. The van der Waals surface area contributed by atoms with E-state index in [-0.39, 0.29) is 0 Å². The molecule has 2 fully saturated rings. The molecule has 0 aliphatic carbocycles. The molecule has 3 atom stereocenters. The van der Waals surface area contributed by atoms with E-state index >= 15 is 0 Å². The van der Waals surface area contributed by atoms with Crippen molar-refractivity contribution in [2.45, 2.75) is 31.6 Å². The highest BCUT2D eigenvalue weighted by Gasteiger charge is 2.24. The van der Waals surface area contributed by atoms with Crippen molar-refractivity contribution in [2.75, 3.05) is 39.3 Å². The molecule has 2 aliphatic rings.